The molecule has 18 heavy (non-hydrogen) atoms. The highest BCUT2D eigenvalue weighted by Crippen LogP contribution is 2.17. The van der Waals surface area contributed by atoms with Gasteiger partial charge in [-0.2, -0.15) is 0 Å². The highest BCUT2D eigenvalue weighted by Gasteiger charge is 2.13. The molecular formula is C13H18N2O2S. The van der Waals surface area contributed by atoms with Crippen LogP contribution in [-0.4, -0.2) is 17.1 Å². The largest absolute Gasteiger partial charge is 0.273 e. The molecule has 1 rings (SSSR count). The lowest BCUT2D eigenvalue weighted by Crippen LogP contribution is -2.44. The monoisotopic (exact) mass is 266 g/mol. The van der Waals surface area contributed by atoms with E-state index in [-0.39, 0.29) is 17.1 Å². The number of amides is 2. The van der Waals surface area contributed by atoms with Crippen LogP contribution in [0.25, 0.3) is 0 Å². The molecule has 5 heteroatoms. The predicted molar refractivity (Wildman–Crippen MR) is 73.8 cm³/mol. The van der Waals surface area contributed by atoms with Crippen LogP contribution in [0.5, 0.6) is 0 Å². The first-order valence-electron chi connectivity index (χ1n) is 5.87. The van der Waals surface area contributed by atoms with E-state index in [1.165, 1.54) is 17.3 Å². The van der Waals surface area contributed by atoms with E-state index in [2.05, 4.69) is 10.9 Å². The van der Waals surface area contributed by atoms with Gasteiger partial charge >= 0.3 is 0 Å². The van der Waals surface area contributed by atoms with Crippen LogP contribution >= 0.6 is 11.8 Å². The fraction of sp³-hybridized carbons (Fsp3) is 0.385. The first kappa shape index (κ1) is 14.6. The van der Waals surface area contributed by atoms with Crippen molar-refractivity contribution >= 4 is 23.6 Å². The predicted octanol–water partition coefficient (Wildman–Crippen LogP) is 1.87. The Morgan fingerprint density at radius 1 is 1.22 bits per heavy atom. The van der Waals surface area contributed by atoms with Crippen molar-refractivity contribution in [1.29, 1.82) is 0 Å². The molecule has 1 aromatic rings. The van der Waals surface area contributed by atoms with Crippen LogP contribution in [0.3, 0.4) is 0 Å². The first-order valence-corrected chi connectivity index (χ1v) is 6.92. The summed E-state index contributed by atoms with van der Waals surface area (Å²) in [6.45, 7) is 3.55. The summed E-state index contributed by atoms with van der Waals surface area (Å²) in [4.78, 5) is 22.6. The number of benzene rings is 1. The van der Waals surface area contributed by atoms with E-state index in [4.69, 9.17) is 0 Å². The van der Waals surface area contributed by atoms with Gasteiger partial charge < -0.3 is 0 Å². The zero-order chi connectivity index (χ0) is 13.4. The summed E-state index contributed by atoms with van der Waals surface area (Å²) < 4.78 is 0. The van der Waals surface area contributed by atoms with Crippen molar-refractivity contribution < 1.29 is 9.59 Å². The average molecular weight is 266 g/mol. The van der Waals surface area contributed by atoms with Gasteiger partial charge in [-0.1, -0.05) is 37.3 Å². The average Bonchev–Trinajstić information content (AvgIpc) is 2.42. The van der Waals surface area contributed by atoms with Crippen molar-refractivity contribution in [1.82, 2.24) is 10.9 Å². The first-order chi connectivity index (χ1) is 8.63. The second kappa shape index (κ2) is 7.76. The van der Waals surface area contributed by atoms with Gasteiger partial charge in [0, 0.05) is 12.2 Å². The number of nitrogens with one attached hydrogen (secondary N) is 2. The van der Waals surface area contributed by atoms with Gasteiger partial charge in [-0.05, 0) is 12.5 Å². The van der Waals surface area contributed by atoms with Crippen LogP contribution in [0.4, 0.5) is 0 Å². The molecule has 0 spiro atoms. The molecule has 0 saturated heterocycles. The van der Waals surface area contributed by atoms with Crippen molar-refractivity contribution in [2.24, 2.45) is 0 Å². The molecule has 0 heterocycles. The number of carbonyl (C=O) groups excluding carboxylic acids is 2. The smallest absolute Gasteiger partial charge is 0.251 e. The molecule has 2 N–H and O–H groups in total. The standard InChI is InChI=1S/C13H18N2O2S/c1-3-12(16)14-15-13(17)10(2)18-9-11-7-5-4-6-8-11/h4-8,10H,3,9H2,1-2H3,(H,14,16)(H,15,17)/t10-/m1/s1. The lowest BCUT2D eigenvalue weighted by atomic mass is 10.2. The molecule has 0 aliphatic carbocycles. The molecule has 0 aliphatic rings. The van der Waals surface area contributed by atoms with Crippen molar-refractivity contribution in [3.63, 3.8) is 0 Å². The maximum atomic E-state index is 11.6. The van der Waals surface area contributed by atoms with Gasteiger partial charge in [0.1, 0.15) is 0 Å². The Morgan fingerprint density at radius 3 is 2.50 bits per heavy atom. The van der Waals surface area contributed by atoms with E-state index in [9.17, 15) is 9.59 Å². The zero-order valence-corrected chi connectivity index (χ0v) is 11.4. The van der Waals surface area contributed by atoms with E-state index in [0.717, 1.165) is 5.75 Å². The van der Waals surface area contributed by atoms with E-state index >= 15 is 0 Å². The molecule has 1 atom stereocenters. The van der Waals surface area contributed by atoms with E-state index in [1.807, 2.05) is 37.3 Å². The minimum Gasteiger partial charge on any atom is -0.273 e. The SMILES string of the molecule is CCC(=O)NNC(=O)[C@@H](C)SCc1ccccc1. The molecule has 0 bridgehead atoms. The maximum absolute atomic E-state index is 11.6. The quantitative estimate of drug-likeness (QED) is 0.800. The van der Waals surface area contributed by atoms with Gasteiger partial charge in [-0.3, -0.25) is 20.4 Å². The van der Waals surface area contributed by atoms with Gasteiger partial charge in [0.15, 0.2) is 0 Å². The van der Waals surface area contributed by atoms with Crippen molar-refractivity contribution in [3.8, 4) is 0 Å². The fourth-order valence-corrected chi connectivity index (χ4v) is 2.04. The summed E-state index contributed by atoms with van der Waals surface area (Å²) >= 11 is 1.53. The minimum absolute atomic E-state index is 0.183. The Kier molecular flexibility index (Phi) is 6.28. The van der Waals surface area contributed by atoms with Gasteiger partial charge in [0.25, 0.3) is 5.91 Å². The Labute approximate surface area is 112 Å². The van der Waals surface area contributed by atoms with E-state index in [1.54, 1.807) is 6.92 Å². The number of hydrazine groups is 1. The second-order valence-electron chi connectivity index (χ2n) is 3.83. The van der Waals surface area contributed by atoms with Crippen LogP contribution in [0.1, 0.15) is 25.8 Å². The van der Waals surface area contributed by atoms with Crippen LogP contribution in [0.15, 0.2) is 30.3 Å². The summed E-state index contributed by atoms with van der Waals surface area (Å²) in [7, 11) is 0. The van der Waals surface area contributed by atoms with Gasteiger partial charge in [-0.15, -0.1) is 11.8 Å². The minimum atomic E-state index is -0.206. The summed E-state index contributed by atoms with van der Waals surface area (Å²) in [5.41, 5.74) is 5.95. The Hall–Kier alpha value is -1.49. The van der Waals surface area contributed by atoms with Crippen LogP contribution in [0, 0.1) is 0 Å². The number of carbonyl (C=O) groups is 2. The summed E-state index contributed by atoms with van der Waals surface area (Å²) in [6, 6.07) is 9.96. The molecule has 0 radical (unpaired) electrons. The highest BCUT2D eigenvalue weighted by molar-refractivity contribution is 7.99. The normalized spacial score (nSPS) is 11.7. The third-order valence-electron chi connectivity index (χ3n) is 2.36. The Morgan fingerprint density at radius 2 is 1.89 bits per heavy atom. The molecule has 4 nitrogen and oxygen atoms in total. The molecule has 2 amide bonds. The molecule has 0 aliphatic heterocycles. The van der Waals surface area contributed by atoms with Crippen LogP contribution < -0.4 is 10.9 Å². The maximum Gasteiger partial charge on any atom is 0.251 e. The zero-order valence-electron chi connectivity index (χ0n) is 10.6. The number of rotatable bonds is 5. The molecule has 0 saturated carbocycles. The summed E-state index contributed by atoms with van der Waals surface area (Å²) in [5.74, 6) is 0.401. The van der Waals surface area contributed by atoms with Crippen LogP contribution in [0.2, 0.25) is 0 Å². The lowest BCUT2D eigenvalue weighted by Gasteiger charge is -2.12. The second-order valence-corrected chi connectivity index (χ2v) is 5.16. The van der Waals surface area contributed by atoms with Crippen molar-refractivity contribution in [2.45, 2.75) is 31.3 Å². The molecule has 0 unspecified atom stereocenters. The fourth-order valence-electron chi connectivity index (χ4n) is 1.19. The third kappa shape index (κ3) is 5.23. The summed E-state index contributed by atoms with van der Waals surface area (Å²) in [5, 5.41) is -0.206. The number of hydrogen-bond acceptors (Lipinski definition) is 3. The van der Waals surface area contributed by atoms with Crippen LogP contribution in [-0.2, 0) is 15.3 Å². The molecule has 98 valence electrons. The molecular weight excluding hydrogens is 248 g/mol. The highest BCUT2D eigenvalue weighted by atomic mass is 32.2. The van der Waals surface area contributed by atoms with Gasteiger partial charge in [-0.25, -0.2) is 0 Å². The molecule has 1 aromatic carbocycles. The number of hydrogen-bond donors (Lipinski definition) is 2. The Balaban J connectivity index is 2.30. The lowest BCUT2D eigenvalue weighted by molar-refractivity contribution is -0.128. The van der Waals surface area contributed by atoms with Gasteiger partial charge in [0.05, 0.1) is 5.25 Å². The molecule has 0 fully saturated rings. The number of thioether (sulfide) groups is 1. The topological polar surface area (TPSA) is 58.2 Å². The van der Waals surface area contributed by atoms with E-state index in [0.29, 0.717) is 6.42 Å². The molecule has 0 aromatic heterocycles. The Bertz CT molecular complexity index is 395. The van der Waals surface area contributed by atoms with Crippen molar-refractivity contribution in [3.05, 3.63) is 35.9 Å². The van der Waals surface area contributed by atoms with Gasteiger partial charge in [0.2, 0.25) is 5.91 Å². The van der Waals surface area contributed by atoms with Crippen molar-refractivity contribution in [2.75, 3.05) is 0 Å². The van der Waals surface area contributed by atoms with E-state index < -0.39 is 0 Å². The summed E-state index contributed by atoms with van der Waals surface area (Å²) in [6.07, 6.45) is 0.353. The third-order valence-corrected chi connectivity index (χ3v) is 3.57.